The second kappa shape index (κ2) is 8.99. The molecule has 7 nitrogen and oxygen atoms in total. The Balaban J connectivity index is 1.52. The van der Waals surface area contributed by atoms with Gasteiger partial charge >= 0.3 is 6.03 Å². The maximum absolute atomic E-state index is 12.7. The van der Waals surface area contributed by atoms with Gasteiger partial charge in [-0.1, -0.05) is 17.3 Å². The van der Waals surface area contributed by atoms with Crippen LogP contribution < -0.4 is 15.0 Å². The van der Waals surface area contributed by atoms with Crippen molar-refractivity contribution in [1.29, 1.82) is 0 Å². The summed E-state index contributed by atoms with van der Waals surface area (Å²) in [5, 5.41) is 7.08. The molecule has 3 rings (SSSR count). The van der Waals surface area contributed by atoms with E-state index < -0.39 is 0 Å². The zero-order valence-electron chi connectivity index (χ0n) is 17.2. The molecule has 2 amide bonds. The van der Waals surface area contributed by atoms with Crippen molar-refractivity contribution in [2.45, 2.75) is 40.2 Å². The third-order valence-corrected chi connectivity index (χ3v) is 5.13. The van der Waals surface area contributed by atoms with Crippen molar-refractivity contribution in [2.75, 3.05) is 37.7 Å². The number of hydrogen-bond acceptors (Lipinski definition) is 5. The first-order valence-corrected chi connectivity index (χ1v) is 9.93. The number of para-hydroxylation sites is 2. The van der Waals surface area contributed by atoms with Gasteiger partial charge in [-0.2, -0.15) is 0 Å². The quantitative estimate of drug-likeness (QED) is 0.826. The van der Waals surface area contributed by atoms with E-state index in [1.807, 2.05) is 50.8 Å². The Labute approximate surface area is 166 Å². The lowest BCUT2D eigenvalue weighted by Crippen LogP contribution is -2.53. The zero-order valence-corrected chi connectivity index (χ0v) is 17.2. The van der Waals surface area contributed by atoms with Gasteiger partial charge in [-0.3, -0.25) is 0 Å². The van der Waals surface area contributed by atoms with Crippen LogP contribution in [0, 0.1) is 13.8 Å². The number of benzene rings is 1. The minimum atomic E-state index is -0.0167. The number of carbonyl (C=O) groups excluding carboxylic acids is 1. The first kappa shape index (κ1) is 20.0. The fraction of sp³-hybridized carbons (Fsp3) is 0.524. The lowest BCUT2D eigenvalue weighted by Gasteiger charge is -2.37. The third-order valence-electron chi connectivity index (χ3n) is 5.13. The van der Waals surface area contributed by atoms with E-state index in [1.165, 1.54) is 0 Å². The van der Waals surface area contributed by atoms with Gasteiger partial charge in [0.1, 0.15) is 11.5 Å². The van der Waals surface area contributed by atoms with Crippen molar-refractivity contribution >= 4 is 11.7 Å². The number of nitrogens with one attached hydrogen (secondary N) is 1. The molecule has 7 heteroatoms. The van der Waals surface area contributed by atoms with Crippen LogP contribution in [-0.2, 0) is 6.42 Å². The Hall–Kier alpha value is -2.70. The molecule has 1 aliphatic rings. The Morgan fingerprint density at radius 3 is 2.61 bits per heavy atom. The standard InChI is InChI=1S/C21H30N4O3/c1-5-27-20-9-7-6-8-19(20)24-10-12-25(13-11-24)21(26)22-15(2)14-18-16(3)23-28-17(18)4/h6-9,15H,5,10-14H2,1-4H3,(H,22,26). The number of ether oxygens (including phenoxy) is 1. The molecule has 1 fully saturated rings. The monoisotopic (exact) mass is 386 g/mol. The van der Waals surface area contributed by atoms with Crippen LogP contribution in [0.4, 0.5) is 10.5 Å². The summed E-state index contributed by atoms with van der Waals surface area (Å²) in [6.45, 7) is 11.4. The molecule has 2 heterocycles. The van der Waals surface area contributed by atoms with Crippen LogP contribution in [-0.4, -0.2) is 54.9 Å². The summed E-state index contributed by atoms with van der Waals surface area (Å²) in [5.74, 6) is 1.72. The van der Waals surface area contributed by atoms with E-state index in [1.54, 1.807) is 0 Å². The number of hydrogen-bond donors (Lipinski definition) is 1. The number of piperazine rings is 1. The van der Waals surface area contributed by atoms with Crippen LogP contribution in [0.3, 0.4) is 0 Å². The van der Waals surface area contributed by atoms with Crippen molar-refractivity contribution < 1.29 is 14.1 Å². The van der Waals surface area contributed by atoms with Crippen LogP contribution in [0.2, 0.25) is 0 Å². The van der Waals surface area contributed by atoms with Gasteiger partial charge in [0.05, 0.1) is 18.0 Å². The molecule has 0 radical (unpaired) electrons. The molecule has 152 valence electrons. The minimum absolute atomic E-state index is 0.0148. The Kier molecular flexibility index (Phi) is 6.44. The predicted molar refractivity (Wildman–Crippen MR) is 109 cm³/mol. The zero-order chi connectivity index (χ0) is 20.1. The Morgan fingerprint density at radius 1 is 1.25 bits per heavy atom. The molecule has 0 saturated carbocycles. The van der Waals surface area contributed by atoms with E-state index in [2.05, 4.69) is 21.4 Å². The summed E-state index contributed by atoms with van der Waals surface area (Å²) < 4.78 is 10.9. The van der Waals surface area contributed by atoms with Crippen molar-refractivity contribution in [3.63, 3.8) is 0 Å². The molecule has 1 saturated heterocycles. The van der Waals surface area contributed by atoms with Gasteiger partial charge in [-0.25, -0.2) is 4.79 Å². The van der Waals surface area contributed by atoms with E-state index in [-0.39, 0.29) is 12.1 Å². The predicted octanol–water partition coefficient (Wildman–Crippen LogP) is 3.15. The molecular formula is C21H30N4O3. The second-order valence-electron chi connectivity index (χ2n) is 7.23. The molecule has 1 atom stereocenters. The van der Waals surface area contributed by atoms with E-state index in [9.17, 15) is 4.79 Å². The van der Waals surface area contributed by atoms with Gasteiger partial charge in [0, 0.05) is 37.8 Å². The van der Waals surface area contributed by atoms with Crippen molar-refractivity contribution in [1.82, 2.24) is 15.4 Å². The molecule has 1 N–H and O–H groups in total. The van der Waals surface area contributed by atoms with Gasteiger partial charge in [-0.15, -0.1) is 0 Å². The smallest absolute Gasteiger partial charge is 0.317 e. The van der Waals surface area contributed by atoms with E-state index in [0.717, 1.165) is 41.5 Å². The number of anilines is 1. The second-order valence-corrected chi connectivity index (χ2v) is 7.23. The summed E-state index contributed by atoms with van der Waals surface area (Å²) >= 11 is 0. The van der Waals surface area contributed by atoms with Crippen LogP contribution in [0.1, 0.15) is 30.9 Å². The highest BCUT2D eigenvalue weighted by Gasteiger charge is 2.24. The average Bonchev–Trinajstić information content (AvgIpc) is 3.01. The van der Waals surface area contributed by atoms with E-state index in [4.69, 9.17) is 9.26 Å². The number of aromatic nitrogens is 1. The molecule has 1 aromatic heterocycles. The molecule has 0 bridgehead atoms. The van der Waals surface area contributed by atoms with Gasteiger partial charge in [0.25, 0.3) is 0 Å². The highest BCUT2D eigenvalue weighted by Crippen LogP contribution is 2.28. The molecule has 2 aromatic rings. The van der Waals surface area contributed by atoms with Gasteiger partial charge in [0.15, 0.2) is 0 Å². The first-order valence-electron chi connectivity index (χ1n) is 9.93. The first-order chi connectivity index (χ1) is 13.5. The van der Waals surface area contributed by atoms with E-state index >= 15 is 0 Å². The van der Waals surface area contributed by atoms with Crippen LogP contribution in [0.25, 0.3) is 0 Å². The van der Waals surface area contributed by atoms with Crippen LogP contribution in [0.15, 0.2) is 28.8 Å². The van der Waals surface area contributed by atoms with Crippen LogP contribution >= 0.6 is 0 Å². The Morgan fingerprint density at radius 2 is 1.96 bits per heavy atom. The summed E-state index contributed by atoms with van der Waals surface area (Å²) in [4.78, 5) is 16.8. The number of urea groups is 1. The van der Waals surface area contributed by atoms with Gasteiger partial charge in [0.2, 0.25) is 0 Å². The topological polar surface area (TPSA) is 70.8 Å². The molecule has 28 heavy (non-hydrogen) atoms. The largest absolute Gasteiger partial charge is 0.492 e. The summed E-state index contributed by atoms with van der Waals surface area (Å²) in [6, 6.07) is 8.07. The molecule has 0 aliphatic carbocycles. The van der Waals surface area contributed by atoms with Gasteiger partial charge < -0.3 is 24.4 Å². The molecule has 0 spiro atoms. The highest BCUT2D eigenvalue weighted by atomic mass is 16.5. The highest BCUT2D eigenvalue weighted by molar-refractivity contribution is 5.75. The summed E-state index contributed by atoms with van der Waals surface area (Å²) in [7, 11) is 0. The minimum Gasteiger partial charge on any atom is -0.492 e. The Bertz CT molecular complexity index is 777. The van der Waals surface area contributed by atoms with Crippen molar-refractivity contribution in [2.24, 2.45) is 0 Å². The summed E-state index contributed by atoms with van der Waals surface area (Å²) in [5.41, 5.74) is 3.06. The summed E-state index contributed by atoms with van der Waals surface area (Å²) in [6.07, 6.45) is 0.717. The molecule has 1 unspecified atom stereocenters. The van der Waals surface area contributed by atoms with Crippen molar-refractivity contribution in [3.05, 3.63) is 41.3 Å². The number of nitrogens with zero attached hydrogens (tertiary/aromatic N) is 3. The maximum Gasteiger partial charge on any atom is 0.317 e. The fourth-order valence-corrected chi connectivity index (χ4v) is 3.60. The lowest BCUT2D eigenvalue weighted by molar-refractivity contribution is 0.191. The van der Waals surface area contributed by atoms with Gasteiger partial charge in [-0.05, 0) is 46.2 Å². The number of amides is 2. The van der Waals surface area contributed by atoms with E-state index in [0.29, 0.717) is 26.1 Å². The number of rotatable bonds is 6. The normalized spacial score (nSPS) is 15.4. The average molecular weight is 386 g/mol. The number of aryl methyl sites for hydroxylation is 2. The fourth-order valence-electron chi connectivity index (χ4n) is 3.60. The molecular weight excluding hydrogens is 356 g/mol. The molecule has 1 aliphatic heterocycles. The van der Waals surface area contributed by atoms with Crippen LogP contribution in [0.5, 0.6) is 5.75 Å². The SMILES string of the molecule is CCOc1ccccc1N1CCN(C(=O)NC(C)Cc2c(C)noc2C)CC1. The maximum atomic E-state index is 12.7. The lowest BCUT2D eigenvalue weighted by atomic mass is 10.1. The van der Waals surface area contributed by atoms with Crippen molar-refractivity contribution in [3.8, 4) is 5.75 Å². The number of carbonyl (C=O) groups is 1. The third kappa shape index (κ3) is 4.58. The molecule has 1 aromatic carbocycles.